The van der Waals surface area contributed by atoms with Crippen LogP contribution >= 0.6 is 15.9 Å². The first kappa shape index (κ1) is 13.3. The highest BCUT2D eigenvalue weighted by Gasteiger charge is 2.29. The number of rotatable bonds is 5. The van der Waals surface area contributed by atoms with Gasteiger partial charge in [0, 0.05) is 17.1 Å². The van der Waals surface area contributed by atoms with Crippen LogP contribution in [0.15, 0.2) is 35.3 Å². The second-order valence-electron chi connectivity index (χ2n) is 4.47. The minimum absolute atomic E-state index is 0.0582. The van der Waals surface area contributed by atoms with E-state index >= 15 is 0 Å². The minimum atomic E-state index is -0.791. The molecule has 1 unspecified atom stereocenters. The normalized spacial score (nSPS) is 17.8. The SMILES string of the molecule is C=CCN(CC(=O)O)C1CCc2c(Br)cccc21. The van der Waals surface area contributed by atoms with Gasteiger partial charge in [0.05, 0.1) is 6.54 Å². The Hall–Kier alpha value is -1.13. The maximum absolute atomic E-state index is 10.9. The monoisotopic (exact) mass is 309 g/mol. The average molecular weight is 310 g/mol. The number of hydrogen-bond donors (Lipinski definition) is 1. The predicted octanol–water partition coefficient (Wildman–Crippen LogP) is 3.01. The lowest BCUT2D eigenvalue weighted by Crippen LogP contribution is -2.32. The van der Waals surface area contributed by atoms with Crippen molar-refractivity contribution in [1.82, 2.24) is 4.90 Å². The summed E-state index contributed by atoms with van der Waals surface area (Å²) in [6, 6.07) is 6.33. The van der Waals surface area contributed by atoms with Gasteiger partial charge in [-0.15, -0.1) is 6.58 Å². The first-order valence-corrected chi connectivity index (χ1v) is 6.76. The maximum Gasteiger partial charge on any atom is 0.317 e. The van der Waals surface area contributed by atoms with Crippen molar-refractivity contribution in [3.8, 4) is 0 Å². The summed E-state index contributed by atoms with van der Waals surface area (Å²) in [5.74, 6) is -0.791. The molecule has 0 fully saturated rings. The van der Waals surface area contributed by atoms with Gasteiger partial charge in [-0.2, -0.15) is 0 Å². The smallest absolute Gasteiger partial charge is 0.317 e. The molecular formula is C14H16BrNO2. The van der Waals surface area contributed by atoms with Crippen molar-refractivity contribution in [2.75, 3.05) is 13.1 Å². The number of nitrogens with zero attached hydrogens (tertiary/aromatic N) is 1. The van der Waals surface area contributed by atoms with Gasteiger partial charge in [0.1, 0.15) is 0 Å². The third-order valence-electron chi connectivity index (χ3n) is 3.32. The maximum atomic E-state index is 10.9. The summed E-state index contributed by atoms with van der Waals surface area (Å²) >= 11 is 3.56. The lowest BCUT2D eigenvalue weighted by molar-refractivity contribution is -0.138. The average Bonchev–Trinajstić information content (AvgIpc) is 2.73. The van der Waals surface area contributed by atoms with E-state index in [-0.39, 0.29) is 12.6 Å². The molecule has 0 aliphatic heterocycles. The van der Waals surface area contributed by atoms with Gasteiger partial charge in [0.2, 0.25) is 0 Å². The van der Waals surface area contributed by atoms with Crippen LogP contribution in [0.1, 0.15) is 23.6 Å². The van der Waals surface area contributed by atoms with E-state index in [0.29, 0.717) is 6.54 Å². The number of hydrogen-bond acceptors (Lipinski definition) is 2. The molecule has 4 heteroatoms. The van der Waals surface area contributed by atoms with Crippen LogP contribution in [0.4, 0.5) is 0 Å². The molecule has 0 saturated heterocycles. The molecule has 0 aromatic heterocycles. The van der Waals surface area contributed by atoms with E-state index in [0.717, 1.165) is 17.3 Å². The number of carboxylic acid groups (broad SMARTS) is 1. The van der Waals surface area contributed by atoms with Crippen molar-refractivity contribution >= 4 is 21.9 Å². The molecule has 0 spiro atoms. The van der Waals surface area contributed by atoms with Crippen LogP contribution in [0, 0.1) is 0 Å². The largest absolute Gasteiger partial charge is 0.480 e. The summed E-state index contributed by atoms with van der Waals surface area (Å²) in [6.07, 6.45) is 3.73. The Morgan fingerprint density at radius 1 is 1.61 bits per heavy atom. The molecule has 18 heavy (non-hydrogen) atoms. The first-order valence-electron chi connectivity index (χ1n) is 5.97. The van der Waals surface area contributed by atoms with Crippen LogP contribution in [-0.4, -0.2) is 29.1 Å². The highest BCUT2D eigenvalue weighted by atomic mass is 79.9. The number of aliphatic carboxylic acids is 1. The van der Waals surface area contributed by atoms with Gasteiger partial charge in [-0.25, -0.2) is 0 Å². The van der Waals surface area contributed by atoms with Crippen molar-refractivity contribution in [2.45, 2.75) is 18.9 Å². The highest BCUT2D eigenvalue weighted by molar-refractivity contribution is 9.10. The zero-order valence-electron chi connectivity index (χ0n) is 10.1. The molecule has 0 bridgehead atoms. The summed E-state index contributed by atoms with van der Waals surface area (Å²) in [7, 11) is 0. The van der Waals surface area contributed by atoms with E-state index in [1.165, 1.54) is 11.1 Å². The third-order valence-corrected chi connectivity index (χ3v) is 4.07. The summed E-state index contributed by atoms with van der Waals surface area (Å²) in [5, 5.41) is 8.99. The second-order valence-corrected chi connectivity index (χ2v) is 5.33. The Labute approximate surface area is 115 Å². The zero-order chi connectivity index (χ0) is 13.1. The zero-order valence-corrected chi connectivity index (χ0v) is 11.7. The van der Waals surface area contributed by atoms with E-state index in [4.69, 9.17) is 5.11 Å². The van der Waals surface area contributed by atoms with Crippen molar-refractivity contribution in [3.63, 3.8) is 0 Å². The van der Waals surface area contributed by atoms with Crippen LogP contribution in [0.2, 0.25) is 0 Å². The fourth-order valence-corrected chi connectivity index (χ4v) is 3.19. The molecule has 3 nitrogen and oxygen atoms in total. The Kier molecular flexibility index (Phi) is 4.19. The summed E-state index contributed by atoms with van der Waals surface area (Å²) in [4.78, 5) is 12.9. The lowest BCUT2D eigenvalue weighted by atomic mass is 10.1. The van der Waals surface area contributed by atoms with Crippen molar-refractivity contribution in [2.24, 2.45) is 0 Å². The fraction of sp³-hybridized carbons (Fsp3) is 0.357. The Bertz CT molecular complexity index is 473. The Morgan fingerprint density at radius 2 is 2.39 bits per heavy atom. The van der Waals surface area contributed by atoms with Gasteiger partial charge in [-0.3, -0.25) is 9.69 Å². The van der Waals surface area contributed by atoms with Crippen LogP contribution in [0.25, 0.3) is 0 Å². The third kappa shape index (κ3) is 2.65. The van der Waals surface area contributed by atoms with Crippen LogP contribution in [0.5, 0.6) is 0 Å². The molecular weight excluding hydrogens is 294 g/mol. The topological polar surface area (TPSA) is 40.5 Å². The Morgan fingerprint density at radius 3 is 3.06 bits per heavy atom. The highest BCUT2D eigenvalue weighted by Crippen LogP contribution is 2.38. The Balaban J connectivity index is 2.27. The van der Waals surface area contributed by atoms with Crippen molar-refractivity contribution in [1.29, 1.82) is 0 Å². The van der Waals surface area contributed by atoms with Crippen LogP contribution < -0.4 is 0 Å². The number of fused-ring (bicyclic) bond motifs is 1. The van der Waals surface area contributed by atoms with Gasteiger partial charge in [0.15, 0.2) is 0 Å². The summed E-state index contributed by atoms with van der Waals surface area (Å²) in [5.41, 5.74) is 2.55. The lowest BCUT2D eigenvalue weighted by Gasteiger charge is -2.26. The van der Waals surface area contributed by atoms with Gasteiger partial charge in [-0.1, -0.05) is 34.1 Å². The number of carboxylic acids is 1. The fourth-order valence-electron chi connectivity index (χ4n) is 2.61. The molecule has 1 aromatic rings. The van der Waals surface area contributed by atoms with Crippen molar-refractivity contribution in [3.05, 3.63) is 46.5 Å². The number of halogens is 1. The molecule has 1 aromatic carbocycles. The standard InChI is InChI=1S/C14H16BrNO2/c1-2-8-16(9-14(17)18)13-7-6-10-11(13)4-3-5-12(10)15/h2-5,13H,1,6-9H2,(H,17,18). The summed E-state index contributed by atoms with van der Waals surface area (Å²) < 4.78 is 1.12. The van der Waals surface area contributed by atoms with E-state index in [1.807, 2.05) is 17.0 Å². The number of benzene rings is 1. The van der Waals surface area contributed by atoms with E-state index < -0.39 is 5.97 Å². The quantitative estimate of drug-likeness (QED) is 0.850. The number of carbonyl (C=O) groups is 1. The predicted molar refractivity (Wildman–Crippen MR) is 74.6 cm³/mol. The van der Waals surface area contributed by atoms with Gasteiger partial charge in [0.25, 0.3) is 0 Å². The van der Waals surface area contributed by atoms with Gasteiger partial charge in [-0.05, 0) is 30.0 Å². The molecule has 0 heterocycles. The molecule has 0 amide bonds. The van der Waals surface area contributed by atoms with Crippen LogP contribution in [-0.2, 0) is 11.2 Å². The molecule has 0 saturated carbocycles. The van der Waals surface area contributed by atoms with E-state index in [2.05, 4.69) is 28.6 Å². The molecule has 1 atom stereocenters. The summed E-state index contributed by atoms with van der Waals surface area (Å²) in [6.45, 7) is 4.37. The van der Waals surface area contributed by atoms with Gasteiger partial charge < -0.3 is 5.11 Å². The minimum Gasteiger partial charge on any atom is -0.480 e. The molecule has 1 N–H and O–H groups in total. The first-order chi connectivity index (χ1) is 8.63. The molecule has 96 valence electrons. The van der Waals surface area contributed by atoms with E-state index in [1.54, 1.807) is 6.08 Å². The van der Waals surface area contributed by atoms with E-state index in [9.17, 15) is 4.79 Å². The molecule has 1 aliphatic rings. The van der Waals surface area contributed by atoms with Gasteiger partial charge >= 0.3 is 5.97 Å². The second kappa shape index (κ2) is 5.67. The molecule has 2 rings (SSSR count). The molecule has 0 radical (unpaired) electrons. The van der Waals surface area contributed by atoms with Crippen molar-refractivity contribution < 1.29 is 9.90 Å². The van der Waals surface area contributed by atoms with Crippen LogP contribution in [0.3, 0.4) is 0 Å². The molecule has 1 aliphatic carbocycles.